The van der Waals surface area contributed by atoms with Gasteiger partial charge in [0.15, 0.2) is 6.61 Å². The molecule has 1 aromatic carbocycles. The first kappa shape index (κ1) is 12.9. The van der Waals surface area contributed by atoms with Gasteiger partial charge in [-0.1, -0.05) is 17.7 Å². The van der Waals surface area contributed by atoms with Crippen LogP contribution in [0.2, 0.25) is 0 Å². The minimum absolute atomic E-state index is 0.0908. The van der Waals surface area contributed by atoms with Gasteiger partial charge in [-0.25, -0.2) is 0 Å². The Hall–Kier alpha value is -1.51. The largest absolute Gasteiger partial charge is 0.484 e. The molecule has 0 atom stereocenters. The van der Waals surface area contributed by atoms with Crippen LogP contribution in [0.15, 0.2) is 24.3 Å². The Morgan fingerprint density at radius 2 is 1.94 bits per heavy atom. The number of benzene rings is 1. The third kappa shape index (κ3) is 3.25. The first-order chi connectivity index (χ1) is 8.58. The monoisotopic (exact) mass is 247 g/mol. The van der Waals surface area contributed by atoms with E-state index in [0.717, 1.165) is 18.6 Å². The Balaban J connectivity index is 1.88. The molecule has 3 heteroatoms. The van der Waals surface area contributed by atoms with E-state index in [-0.39, 0.29) is 18.6 Å². The molecule has 1 saturated carbocycles. The molecule has 0 saturated heterocycles. The smallest absolute Gasteiger partial charge is 0.260 e. The topological polar surface area (TPSA) is 29.5 Å². The molecule has 1 fully saturated rings. The zero-order valence-corrected chi connectivity index (χ0v) is 11.3. The minimum atomic E-state index is 0.0908. The van der Waals surface area contributed by atoms with E-state index < -0.39 is 0 Å². The number of aryl methyl sites for hydroxylation is 1. The van der Waals surface area contributed by atoms with Crippen molar-refractivity contribution in [1.82, 2.24) is 4.90 Å². The SMILES string of the molecule is Cc1ccc(OCC(=O)N(C(C)C)C2CC2)cc1. The maximum absolute atomic E-state index is 12.1. The van der Waals surface area contributed by atoms with Gasteiger partial charge in [0.1, 0.15) is 5.75 Å². The second-order valence-corrected chi connectivity index (χ2v) is 5.23. The van der Waals surface area contributed by atoms with E-state index in [1.54, 1.807) is 0 Å². The quantitative estimate of drug-likeness (QED) is 0.800. The van der Waals surface area contributed by atoms with Crippen LogP contribution in [-0.2, 0) is 4.79 Å². The van der Waals surface area contributed by atoms with Crippen LogP contribution in [0.25, 0.3) is 0 Å². The highest BCUT2D eigenvalue weighted by molar-refractivity contribution is 5.78. The molecule has 0 aliphatic heterocycles. The molecule has 0 radical (unpaired) electrons. The highest BCUT2D eigenvalue weighted by atomic mass is 16.5. The van der Waals surface area contributed by atoms with Crippen molar-refractivity contribution in [2.24, 2.45) is 0 Å². The van der Waals surface area contributed by atoms with Crippen LogP contribution < -0.4 is 4.74 Å². The number of rotatable bonds is 5. The Kier molecular flexibility index (Phi) is 3.90. The zero-order valence-electron chi connectivity index (χ0n) is 11.3. The number of carbonyl (C=O) groups is 1. The van der Waals surface area contributed by atoms with E-state index in [4.69, 9.17) is 4.74 Å². The summed E-state index contributed by atoms with van der Waals surface area (Å²) in [7, 11) is 0. The third-order valence-corrected chi connectivity index (χ3v) is 3.17. The first-order valence-corrected chi connectivity index (χ1v) is 6.58. The van der Waals surface area contributed by atoms with Crippen LogP contribution in [0.1, 0.15) is 32.3 Å². The summed E-state index contributed by atoms with van der Waals surface area (Å²) in [5.41, 5.74) is 1.19. The van der Waals surface area contributed by atoms with E-state index in [9.17, 15) is 4.79 Å². The van der Waals surface area contributed by atoms with Gasteiger partial charge in [-0.05, 0) is 45.7 Å². The summed E-state index contributed by atoms with van der Waals surface area (Å²) in [4.78, 5) is 14.1. The lowest BCUT2D eigenvalue weighted by Gasteiger charge is -2.26. The van der Waals surface area contributed by atoms with Crippen molar-refractivity contribution >= 4 is 5.91 Å². The summed E-state index contributed by atoms with van der Waals surface area (Å²) in [6.07, 6.45) is 2.27. The van der Waals surface area contributed by atoms with Crippen molar-refractivity contribution in [2.45, 2.75) is 45.7 Å². The van der Waals surface area contributed by atoms with Gasteiger partial charge in [-0.15, -0.1) is 0 Å². The van der Waals surface area contributed by atoms with E-state index in [0.29, 0.717) is 6.04 Å². The maximum Gasteiger partial charge on any atom is 0.260 e. The van der Waals surface area contributed by atoms with Crippen LogP contribution in [0, 0.1) is 6.92 Å². The summed E-state index contributed by atoms with van der Waals surface area (Å²) in [6.45, 7) is 6.28. The number of nitrogens with zero attached hydrogens (tertiary/aromatic N) is 1. The van der Waals surface area contributed by atoms with Crippen molar-refractivity contribution in [3.8, 4) is 5.75 Å². The fourth-order valence-corrected chi connectivity index (χ4v) is 2.12. The van der Waals surface area contributed by atoms with Crippen molar-refractivity contribution in [3.05, 3.63) is 29.8 Å². The molecule has 3 nitrogen and oxygen atoms in total. The van der Waals surface area contributed by atoms with Gasteiger partial charge in [0.05, 0.1) is 0 Å². The molecule has 1 aliphatic carbocycles. The van der Waals surface area contributed by atoms with Crippen LogP contribution in [0.3, 0.4) is 0 Å². The summed E-state index contributed by atoms with van der Waals surface area (Å²) >= 11 is 0. The molecular formula is C15H21NO2. The standard InChI is InChI=1S/C15H21NO2/c1-11(2)16(13-6-7-13)15(17)10-18-14-8-4-12(3)5-9-14/h4-5,8-9,11,13H,6-7,10H2,1-3H3. The van der Waals surface area contributed by atoms with Gasteiger partial charge >= 0.3 is 0 Å². The molecule has 0 spiro atoms. The number of ether oxygens (including phenoxy) is 1. The van der Waals surface area contributed by atoms with Crippen LogP contribution in [-0.4, -0.2) is 29.5 Å². The fraction of sp³-hybridized carbons (Fsp3) is 0.533. The van der Waals surface area contributed by atoms with Crippen molar-refractivity contribution < 1.29 is 9.53 Å². The molecular weight excluding hydrogens is 226 g/mol. The minimum Gasteiger partial charge on any atom is -0.484 e. The Bertz CT molecular complexity index is 405. The lowest BCUT2D eigenvalue weighted by atomic mass is 10.2. The Morgan fingerprint density at radius 1 is 1.33 bits per heavy atom. The van der Waals surface area contributed by atoms with Gasteiger partial charge in [0.25, 0.3) is 5.91 Å². The first-order valence-electron chi connectivity index (χ1n) is 6.58. The predicted octanol–water partition coefficient (Wildman–Crippen LogP) is 2.77. The third-order valence-electron chi connectivity index (χ3n) is 3.17. The molecule has 1 aliphatic rings. The number of hydrogen-bond acceptors (Lipinski definition) is 2. The lowest BCUT2D eigenvalue weighted by Crippen LogP contribution is -2.41. The van der Waals surface area contributed by atoms with Crippen LogP contribution >= 0.6 is 0 Å². The Morgan fingerprint density at radius 3 is 2.44 bits per heavy atom. The number of hydrogen-bond donors (Lipinski definition) is 0. The molecule has 0 N–H and O–H groups in total. The Labute approximate surface area is 109 Å². The lowest BCUT2D eigenvalue weighted by molar-refractivity contribution is -0.135. The average molecular weight is 247 g/mol. The molecule has 98 valence electrons. The second-order valence-electron chi connectivity index (χ2n) is 5.23. The van der Waals surface area contributed by atoms with Gasteiger partial charge < -0.3 is 9.64 Å². The molecule has 0 aromatic heterocycles. The summed E-state index contributed by atoms with van der Waals surface area (Å²) in [5, 5.41) is 0. The number of carbonyl (C=O) groups excluding carboxylic acids is 1. The van der Waals surface area contributed by atoms with Crippen LogP contribution in [0.4, 0.5) is 0 Å². The van der Waals surface area contributed by atoms with E-state index in [1.807, 2.05) is 36.1 Å². The molecule has 1 aromatic rings. The molecule has 2 rings (SSSR count). The average Bonchev–Trinajstić information content (AvgIpc) is 3.12. The predicted molar refractivity (Wildman–Crippen MR) is 71.7 cm³/mol. The van der Waals surface area contributed by atoms with Gasteiger partial charge in [-0.2, -0.15) is 0 Å². The van der Waals surface area contributed by atoms with E-state index in [2.05, 4.69) is 13.8 Å². The molecule has 0 heterocycles. The normalized spacial score (nSPS) is 14.7. The second kappa shape index (κ2) is 5.42. The van der Waals surface area contributed by atoms with Crippen LogP contribution in [0.5, 0.6) is 5.75 Å². The summed E-state index contributed by atoms with van der Waals surface area (Å²) in [5.74, 6) is 0.849. The van der Waals surface area contributed by atoms with E-state index in [1.165, 1.54) is 5.56 Å². The molecule has 18 heavy (non-hydrogen) atoms. The van der Waals surface area contributed by atoms with Gasteiger partial charge in [-0.3, -0.25) is 4.79 Å². The molecule has 0 unspecified atom stereocenters. The summed E-state index contributed by atoms with van der Waals surface area (Å²) in [6, 6.07) is 8.48. The zero-order chi connectivity index (χ0) is 13.1. The molecule has 1 amide bonds. The number of amides is 1. The van der Waals surface area contributed by atoms with E-state index >= 15 is 0 Å². The highest BCUT2D eigenvalue weighted by Crippen LogP contribution is 2.28. The highest BCUT2D eigenvalue weighted by Gasteiger charge is 2.34. The molecule has 0 bridgehead atoms. The van der Waals surface area contributed by atoms with Crippen molar-refractivity contribution in [2.75, 3.05) is 6.61 Å². The fourth-order valence-electron chi connectivity index (χ4n) is 2.12. The maximum atomic E-state index is 12.1. The van der Waals surface area contributed by atoms with Crippen molar-refractivity contribution in [3.63, 3.8) is 0 Å². The van der Waals surface area contributed by atoms with Gasteiger partial charge in [0, 0.05) is 12.1 Å². The summed E-state index contributed by atoms with van der Waals surface area (Å²) < 4.78 is 5.54. The van der Waals surface area contributed by atoms with Crippen molar-refractivity contribution in [1.29, 1.82) is 0 Å². The van der Waals surface area contributed by atoms with Gasteiger partial charge in [0.2, 0.25) is 0 Å².